The van der Waals surface area contributed by atoms with Crippen molar-refractivity contribution in [1.29, 1.82) is 0 Å². The van der Waals surface area contributed by atoms with Crippen LogP contribution >= 0.6 is 0 Å². The van der Waals surface area contributed by atoms with Crippen molar-refractivity contribution in [3.63, 3.8) is 0 Å². The number of benzene rings is 1. The number of rotatable bonds is 8. The second-order valence-corrected chi connectivity index (χ2v) is 6.53. The summed E-state index contributed by atoms with van der Waals surface area (Å²) in [5, 5.41) is 30.9. The van der Waals surface area contributed by atoms with Gasteiger partial charge in [-0.2, -0.15) is 10.1 Å². The number of hydrogen-bond acceptors (Lipinski definition) is 8. The van der Waals surface area contributed by atoms with E-state index in [0.717, 1.165) is 11.3 Å². The number of aliphatic hydroxyl groups excluding tert-OH is 1. The fourth-order valence-corrected chi connectivity index (χ4v) is 2.84. The van der Waals surface area contributed by atoms with Crippen molar-refractivity contribution < 1.29 is 24.3 Å². The molecule has 0 aliphatic heterocycles. The van der Waals surface area contributed by atoms with E-state index in [1.807, 2.05) is 12.1 Å². The first-order chi connectivity index (χ1) is 15.1. The number of hydrogen-bond donors (Lipinski definition) is 4. The molecule has 11 heteroatoms. The van der Waals surface area contributed by atoms with Gasteiger partial charge in [0.1, 0.15) is 5.75 Å². The van der Waals surface area contributed by atoms with E-state index in [0.29, 0.717) is 23.0 Å². The summed E-state index contributed by atoms with van der Waals surface area (Å²) in [6.45, 7) is -0.389. The Morgan fingerprint density at radius 2 is 2.13 bits per heavy atom. The van der Waals surface area contributed by atoms with Gasteiger partial charge in [0.05, 0.1) is 18.3 Å². The molecule has 4 N–H and O–H groups in total. The zero-order chi connectivity index (χ0) is 21.6. The van der Waals surface area contributed by atoms with E-state index in [1.54, 1.807) is 42.7 Å². The van der Waals surface area contributed by atoms with Gasteiger partial charge in [-0.3, -0.25) is 5.10 Å². The third kappa shape index (κ3) is 5.03. The van der Waals surface area contributed by atoms with Crippen LogP contribution in [0.4, 0.5) is 4.79 Å². The quantitative estimate of drug-likeness (QED) is 0.334. The molecule has 158 valence electrons. The molecular formula is C20H18N6O5. The van der Waals surface area contributed by atoms with Gasteiger partial charge in [-0.15, -0.1) is 0 Å². The molecule has 0 aliphatic carbocycles. The Hall–Kier alpha value is -4.25. The van der Waals surface area contributed by atoms with Crippen LogP contribution in [0, 0.1) is 0 Å². The van der Waals surface area contributed by atoms with Crippen molar-refractivity contribution in [2.45, 2.75) is 12.5 Å². The zero-order valence-electron chi connectivity index (χ0n) is 16.1. The highest BCUT2D eigenvalue weighted by Gasteiger charge is 2.17. The van der Waals surface area contributed by atoms with Crippen LogP contribution in [0.15, 0.2) is 59.4 Å². The lowest BCUT2D eigenvalue weighted by Gasteiger charge is -2.10. The van der Waals surface area contributed by atoms with Crippen LogP contribution < -0.4 is 10.1 Å². The summed E-state index contributed by atoms with van der Waals surface area (Å²) in [6, 6.07) is 11.8. The van der Waals surface area contributed by atoms with Crippen LogP contribution in [-0.4, -0.2) is 54.3 Å². The Labute approximate surface area is 175 Å². The van der Waals surface area contributed by atoms with E-state index in [1.165, 1.54) is 0 Å². The minimum absolute atomic E-state index is 0.0680. The summed E-state index contributed by atoms with van der Waals surface area (Å²) < 4.78 is 11.0. The monoisotopic (exact) mass is 422 g/mol. The highest BCUT2D eigenvalue weighted by Crippen LogP contribution is 2.26. The number of aromatic nitrogens is 5. The molecule has 3 heterocycles. The van der Waals surface area contributed by atoms with Crippen LogP contribution in [0.5, 0.6) is 11.6 Å². The Bertz CT molecular complexity index is 1140. The van der Waals surface area contributed by atoms with Crippen LogP contribution in [0.2, 0.25) is 0 Å². The van der Waals surface area contributed by atoms with Gasteiger partial charge in [0.25, 0.3) is 0 Å². The van der Waals surface area contributed by atoms with Gasteiger partial charge in [0.15, 0.2) is 0 Å². The van der Waals surface area contributed by atoms with Gasteiger partial charge in [-0.1, -0.05) is 17.3 Å². The topological polar surface area (TPSA) is 159 Å². The predicted molar refractivity (Wildman–Crippen MR) is 107 cm³/mol. The van der Waals surface area contributed by atoms with Gasteiger partial charge >= 0.3 is 6.09 Å². The van der Waals surface area contributed by atoms with Gasteiger partial charge in [-0.05, 0) is 24.3 Å². The molecule has 0 bridgehead atoms. The minimum Gasteiger partial charge on any atom is -0.465 e. The molecule has 11 nitrogen and oxygen atoms in total. The van der Waals surface area contributed by atoms with Crippen molar-refractivity contribution in [3.05, 3.63) is 60.7 Å². The van der Waals surface area contributed by atoms with Crippen molar-refractivity contribution in [1.82, 2.24) is 30.6 Å². The van der Waals surface area contributed by atoms with Crippen LogP contribution in [0.25, 0.3) is 22.6 Å². The molecule has 1 atom stereocenters. The lowest BCUT2D eigenvalue weighted by atomic mass is 10.2. The summed E-state index contributed by atoms with van der Waals surface area (Å²) in [7, 11) is 0. The van der Waals surface area contributed by atoms with E-state index >= 15 is 0 Å². The molecule has 31 heavy (non-hydrogen) atoms. The van der Waals surface area contributed by atoms with Gasteiger partial charge < -0.3 is 24.8 Å². The van der Waals surface area contributed by atoms with Crippen molar-refractivity contribution >= 4 is 6.09 Å². The number of aromatic amines is 1. The minimum atomic E-state index is -1.24. The van der Waals surface area contributed by atoms with E-state index in [9.17, 15) is 9.90 Å². The second kappa shape index (κ2) is 9.05. The first-order valence-corrected chi connectivity index (χ1v) is 9.27. The molecule has 0 aliphatic rings. The van der Waals surface area contributed by atoms with Crippen molar-refractivity contribution in [2.75, 3.05) is 6.61 Å². The largest absolute Gasteiger partial charge is 0.465 e. The maximum atomic E-state index is 10.7. The highest BCUT2D eigenvalue weighted by atomic mass is 16.5. The Morgan fingerprint density at radius 3 is 2.84 bits per heavy atom. The van der Waals surface area contributed by atoms with Crippen LogP contribution in [0.3, 0.4) is 0 Å². The lowest BCUT2D eigenvalue weighted by molar-refractivity contribution is 0.175. The summed E-state index contributed by atoms with van der Waals surface area (Å²) in [6.07, 6.45) is 2.18. The normalized spacial score (nSPS) is 11.8. The first kappa shape index (κ1) is 20.0. The Balaban J connectivity index is 1.45. The van der Waals surface area contributed by atoms with Gasteiger partial charge in [0, 0.05) is 36.0 Å². The number of nitrogens with one attached hydrogen (secondary N) is 2. The number of pyridine rings is 1. The number of aliphatic hydroxyl groups is 1. The number of carbonyl (C=O) groups is 1. The van der Waals surface area contributed by atoms with E-state index in [4.69, 9.17) is 14.4 Å². The molecule has 1 amide bonds. The molecule has 0 saturated carbocycles. The SMILES string of the molecule is O=C(O)NC(CO)Cc1nc(-c2cccc(Oc3ccc(-c4ccn[nH]4)cn3)c2)no1. The molecule has 4 rings (SSSR count). The number of ether oxygens (including phenoxy) is 1. The average Bonchev–Trinajstić information content (AvgIpc) is 3.46. The number of amides is 1. The van der Waals surface area contributed by atoms with E-state index < -0.39 is 12.1 Å². The maximum Gasteiger partial charge on any atom is 0.404 e. The molecule has 1 unspecified atom stereocenters. The van der Waals surface area contributed by atoms with E-state index in [-0.39, 0.29) is 18.9 Å². The molecule has 0 fully saturated rings. The maximum absolute atomic E-state index is 10.7. The molecule has 0 spiro atoms. The average molecular weight is 422 g/mol. The third-order valence-electron chi connectivity index (χ3n) is 4.30. The second-order valence-electron chi connectivity index (χ2n) is 6.53. The molecule has 3 aromatic heterocycles. The summed E-state index contributed by atoms with van der Waals surface area (Å²) in [4.78, 5) is 19.3. The lowest BCUT2D eigenvalue weighted by Crippen LogP contribution is -2.38. The molecular weight excluding hydrogens is 404 g/mol. The van der Waals surface area contributed by atoms with Crippen LogP contribution in [-0.2, 0) is 6.42 Å². The fraction of sp³-hybridized carbons (Fsp3) is 0.150. The molecule has 1 aromatic carbocycles. The summed E-state index contributed by atoms with van der Waals surface area (Å²) in [5.41, 5.74) is 2.39. The third-order valence-corrected chi connectivity index (χ3v) is 4.30. The van der Waals surface area contributed by atoms with Gasteiger partial charge in [-0.25, -0.2) is 9.78 Å². The van der Waals surface area contributed by atoms with E-state index in [2.05, 4.69) is 30.6 Å². The standard InChI is InChI=1S/C20H18N6O5/c27-11-14(23-20(28)29)9-18-24-19(26-31-18)12-2-1-3-15(8-12)30-17-5-4-13(10-21-17)16-6-7-22-25-16/h1-8,10,14,23,27H,9,11H2,(H,22,25)(H,28,29). The fourth-order valence-electron chi connectivity index (χ4n) is 2.84. The predicted octanol–water partition coefficient (Wildman–Crippen LogP) is 2.48. The van der Waals surface area contributed by atoms with Gasteiger partial charge in [0.2, 0.25) is 17.6 Å². The molecule has 0 radical (unpaired) electrons. The molecule has 4 aromatic rings. The van der Waals surface area contributed by atoms with Crippen molar-refractivity contribution in [2.24, 2.45) is 0 Å². The Morgan fingerprint density at radius 1 is 1.23 bits per heavy atom. The first-order valence-electron chi connectivity index (χ1n) is 9.27. The number of nitrogens with zero attached hydrogens (tertiary/aromatic N) is 4. The summed E-state index contributed by atoms with van der Waals surface area (Å²) in [5.74, 6) is 1.46. The smallest absolute Gasteiger partial charge is 0.404 e. The zero-order valence-corrected chi connectivity index (χ0v) is 16.1. The number of H-pyrrole nitrogens is 1. The summed E-state index contributed by atoms with van der Waals surface area (Å²) >= 11 is 0. The highest BCUT2D eigenvalue weighted by molar-refractivity contribution is 5.65. The van der Waals surface area contributed by atoms with Crippen LogP contribution in [0.1, 0.15) is 5.89 Å². The number of carboxylic acid groups (broad SMARTS) is 1. The van der Waals surface area contributed by atoms with Crippen molar-refractivity contribution in [3.8, 4) is 34.3 Å². The molecule has 0 saturated heterocycles. The Kier molecular flexibility index (Phi) is 5.85.